The molecule has 0 aliphatic rings. The van der Waals surface area contributed by atoms with E-state index in [0.717, 1.165) is 16.8 Å². The van der Waals surface area contributed by atoms with Crippen molar-refractivity contribution < 1.29 is 9.59 Å². The predicted molar refractivity (Wildman–Crippen MR) is 113 cm³/mol. The molecular weight excluding hydrogens is 364 g/mol. The molecule has 0 radical (unpaired) electrons. The van der Waals surface area contributed by atoms with Crippen LogP contribution in [0, 0.1) is 0 Å². The maximum Gasteiger partial charge on any atom is 0.274 e. The Morgan fingerprint density at radius 1 is 0.966 bits per heavy atom. The molecule has 0 aliphatic heterocycles. The second-order valence-electron chi connectivity index (χ2n) is 7.72. The first kappa shape index (κ1) is 20.2. The Balaban J connectivity index is 1.72. The Labute approximate surface area is 170 Å². The monoisotopic (exact) mass is 388 g/mol. The zero-order valence-electron chi connectivity index (χ0n) is 16.8. The SMILES string of the molecule is CC(C)(C)c1ccccc1NC(=O)c1cc(C(=O)NCc2cccnc2)ccn1. The highest BCUT2D eigenvalue weighted by atomic mass is 16.2. The molecule has 0 unspecified atom stereocenters. The summed E-state index contributed by atoms with van der Waals surface area (Å²) in [6.07, 6.45) is 4.83. The number of carbonyl (C=O) groups excluding carboxylic acids is 2. The molecule has 0 atom stereocenters. The number of carbonyl (C=O) groups is 2. The van der Waals surface area contributed by atoms with Crippen molar-refractivity contribution in [3.05, 3.63) is 89.5 Å². The summed E-state index contributed by atoms with van der Waals surface area (Å²) < 4.78 is 0. The van der Waals surface area contributed by atoms with Crippen LogP contribution in [0.1, 0.15) is 52.7 Å². The van der Waals surface area contributed by atoms with Crippen molar-refractivity contribution in [2.75, 3.05) is 5.32 Å². The van der Waals surface area contributed by atoms with Crippen molar-refractivity contribution >= 4 is 17.5 Å². The van der Waals surface area contributed by atoms with Gasteiger partial charge in [0.15, 0.2) is 0 Å². The van der Waals surface area contributed by atoms with E-state index in [1.807, 2.05) is 36.4 Å². The van der Waals surface area contributed by atoms with Crippen LogP contribution in [0.15, 0.2) is 67.1 Å². The van der Waals surface area contributed by atoms with Gasteiger partial charge in [-0.3, -0.25) is 19.6 Å². The average molecular weight is 388 g/mol. The molecule has 3 rings (SSSR count). The van der Waals surface area contributed by atoms with Crippen LogP contribution in [0.4, 0.5) is 5.69 Å². The van der Waals surface area contributed by atoms with Crippen LogP contribution in [0.2, 0.25) is 0 Å². The number of nitrogens with zero attached hydrogens (tertiary/aromatic N) is 2. The van der Waals surface area contributed by atoms with Gasteiger partial charge < -0.3 is 10.6 Å². The van der Waals surface area contributed by atoms with Crippen LogP contribution in [-0.4, -0.2) is 21.8 Å². The molecule has 148 valence electrons. The maximum atomic E-state index is 12.7. The molecule has 2 N–H and O–H groups in total. The third kappa shape index (κ3) is 5.25. The number of nitrogens with one attached hydrogen (secondary N) is 2. The quantitative estimate of drug-likeness (QED) is 0.693. The van der Waals surface area contributed by atoms with Gasteiger partial charge in [-0.2, -0.15) is 0 Å². The van der Waals surface area contributed by atoms with Gasteiger partial charge in [-0.05, 0) is 40.8 Å². The lowest BCUT2D eigenvalue weighted by molar-refractivity contribution is 0.0950. The normalized spacial score (nSPS) is 11.0. The predicted octanol–water partition coefficient (Wildman–Crippen LogP) is 3.96. The fourth-order valence-corrected chi connectivity index (χ4v) is 2.92. The first-order valence-electron chi connectivity index (χ1n) is 9.38. The highest BCUT2D eigenvalue weighted by Crippen LogP contribution is 2.29. The summed E-state index contributed by atoms with van der Waals surface area (Å²) in [5.74, 6) is -0.635. The van der Waals surface area contributed by atoms with E-state index in [4.69, 9.17) is 0 Å². The van der Waals surface area contributed by atoms with E-state index in [-0.39, 0.29) is 22.9 Å². The van der Waals surface area contributed by atoms with Crippen molar-refractivity contribution in [3.63, 3.8) is 0 Å². The average Bonchev–Trinajstić information content (AvgIpc) is 2.72. The van der Waals surface area contributed by atoms with E-state index in [9.17, 15) is 9.59 Å². The lowest BCUT2D eigenvalue weighted by atomic mass is 9.86. The highest BCUT2D eigenvalue weighted by molar-refractivity contribution is 6.05. The number of anilines is 1. The fourth-order valence-electron chi connectivity index (χ4n) is 2.92. The van der Waals surface area contributed by atoms with Gasteiger partial charge >= 0.3 is 0 Å². The Morgan fingerprint density at radius 3 is 2.48 bits per heavy atom. The van der Waals surface area contributed by atoms with Crippen molar-refractivity contribution in [1.82, 2.24) is 15.3 Å². The Hall–Kier alpha value is -3.54. The summed E-state index contributed by atoms with van der Waals surface area (Å²) in [5, 5.41) is 5.74. The smallest absolute Gasteiger partial charge is 0.274 e. The zero-order valence-corrected chi connectivity index (χ0v) is 16.8. The Kier molecular flexibility index (Phi) is 6.02. The van der Waals surface area contributed by atoms with E-state index < -0.39 is 0 Å². The molecule has 0 saturated carbocycles. The molecule has 0 aliphatic carbocycles. The fraction of sp³-hybridized carbons (Fsp3) is 0.217. The molecule has 6 nitrogen and oxygen atoms in total. The van der Waals surface area contributed by atoms with E-state index in [1.165, 1.54) is 12.3 Å². The summed E-state index contributed by atoms with van der Waals surface area (Å²) in [7, 11) is 0. The zero-order chi connectivity index (χ0) is 20.9. The van der Waals surface area contributed by atoms with Gasteiger partial charge in [-0.15, -0.1) is 0 Å². The molecule has 2 amide bonds. The lowest BCUT2D eigenvalue weighted by Gasteiger charge is -2.22. The molecule has 29 heavy (non-hydrogen) atoms. The number of amides is 2. The maximum absolute atomic E-state index is 12.7. The number of para-hydroxylation sites is 1. The van der Waals surface area contributed by atoms with Gasteiger partial charge in [0.2, 0.25) is 0 Å². The van der Waals surface area contributed by atoms with Gasteiger partial charge in [-0.25, -0.2) is 0 Å². The van der Waals surface area contributed by atoms with Crippen molar-refractivity contribution in [2.45, 2.75) is 32.7 Å². The molecular formula is C23H24N4O2. The number of pyridine rings is 2. The van der Waals surface area contributed by atoms with Crippen LogP contribution in [-0.2, 0) is 12.0 Å². The van der Waals surface area contributed by atoms with Crippen molar-refractivity contribution in [3.8, 4) is 0 Å². The Morgan fingerprint density at radius 2 is 1.76 bits per heavy atom. The number of benzene rings is 1. The number of hydrogen-bond acceptors (Lipinski definition) is 4. The molecule has 6 heteroatoms. The summed E-state index contributed by atoms with van der Waals surface area (Å²) in [5.41, 5.74) is 3.09. The minimum Gasteiger partial charge on any atom is -0.348 e. The molecule has 2 aromatic heterocycles. The van der Waals surface area contributed by atoms with E-state index >= 15 is 0 Å². The van der Waals surface area contributed by atoms with E-state index in [2.05, 4.69) is 41.4 Å². The van der Waals surface area contributed by atoms with Gasteiger partial charge in [0, 0.05) is 36.4 Å². The van der Waals surface area contributed by atoms with Gasteiger partial charge in [0.05, 0.1) is 0 Å². The molecule has 0 saturated heterocycles. The Bertz CT molecular complexity index is 1010. The summed E-state index contributed by atoms with van der Waals surface area (Å²) >= 11 is 0. The summed E-state index contributed by atoms with van der Waals surface area (Å²) in [6, 6.07) is 14.4. The van der Waals surface area contributed by atoms with Gasteiger partial charge in [0.25, 0.3) is 11.8 Å². The number of hydrogen-bond donors (Lipinski definition) is 2. The van der Waals surface area contributed by atoms with Crippen molar-refractivity contribution in [2.24, 2.45) is 0 Å². The minimum absolute atomic E-state index is 0.120. The first-order valence-corrected chi connectivity index (χ1v) is 9.38. The van der Waals surface area contributed by atoms with Crippen LogP contribution in [0.25, 0.3) is 0 Å². The van der Waals surface area contributed by atoms with Gasteiger partial charge in [-0.1, -0.05) is 45.0 Å². The van der Waals surface area contributed by atoms with Crippen LogP contribution in [0.5, 0.6) is 0 Å². The lowest BCUT2D eigenvalue weighted by Crippen LogP contribution is -2.24. The molecule has 0 fully saturated rings. The standard InChI is InChI=1S/C23H24N4O2/c1-23(2,3)18-8-4-5-9-19(18)27-22(29)20-13-17(10-12-25-20)21(28)26-15-16-7-6-11-24-14-16/h4-14H,15H2,1-3H3,(H,26,28)(H,27,29). The number of rotatable bonds is 5. The first-order chi connectivity index (χ1) is 13.8. The molecule has 1 aromatic carbocycles. The number of aromatic nitrogens is 2. The highest BCUT2D eigenvalue weighted by Gasteiger charge is 2.19. The molecule has 2 heterocycles. The van der Waals surface area contributed by atoms with Gasteiger partial charge in [0.1, 0.15) is 5.69 Å². The molecule has 3 aromatic rings. The van der Waals surface area contributed by atoms with Crippen LogP contribution in [0.3, 0.4) is 0 Å². The minimum atomic E-state index is -0.358. The van der Waals surface area contributed by atoms with Crippen molar-refractivity contribution in [1.29, 1.82) is 0 Å². The van der Waals surface area contributed by atoms with Crippen LogP contribution >= 0.6 is 0 Å². The molecule has 0 spiro atoms. The van der Waals surface area contributed by atoms with Crippen LogP contribution < -0.4 is 10.6 Å². The topological polar surface area (TPSA) is 84.0 Å². The second kappa shape index (κ2) is 8.65. The third-order valence-corrected chi connectivity index (χ3v) is 4.41. The van der Waals surface area contributed by atoms with E-state index in [1.54, 1.807) is 18.5 Å². The second-order valence-corrected chi connectivity index (χ2v) is 7.72. The summed E-state index contributed by atoms with van der Waals surface area (Å²) in [4.78, 5) is 33.3. The third-order valence-electron chi connectivity index (χ3n) is 4.41. The molecule has 0 bridgehead atoms. The van der Waals surface area contributed by atoms with E-state index in [0.29, 0.717) is 12.1 Å². The summed E-state index contributed by atoms with van der Waals surface area (Å²) in [6.45, 7) is 6.62. The largest absolute Gasteiger partial charge is 0.348 e.